The van der Waals surface area contributed by atoms with Gasteiger partial charge < -0.3 is 96.7 Å². The van der Waals surface area contributed by atoms with E-state index in [1.165, 1.54) is 6.92 Å². The van der Waals surface area contributed by atoms with Gasteiger partial charge >= 0.3 is 0 Å². The molecule has 2 rings (SSSR count). The minimum Gasteiger partial charge on any atom is -0.394 e. The molecule has 0 unspecified atom stereocenters. The summed E-state index contributed by atoms with van der Waals surface area (Å²) in [6, 6.07) is -6.87. The van der Waals surface area contributed by atoms with Crippen LogP contribution >= 0.6 is 0 Å². The fourth-order valence-electron chi connectivity index (χ4n) is 8.79. The minimum atomic E-state index is -1.89. The lowest BCUT2D eigenvalue weighted by molar-refractivity contribution is -0.137. The molecule has 1 saturated heterocycles. The Bertz CT molecular complexity index is 2260. The van der Waals surface area contributed by atoms with Gasteiger partial charge in [-0.1, -0.05) is 76.8 Å². The van der Waals surface area contributed by atoms with Crippen molar-refractivity contribution in [2.24, 2.45) is 28.9 Å². The molecule has 0 aromatic heterocycles. The Morgan fingerprint density at radius 1 is 0.590 bits per heavy atom. The Balaban J connectivity index is 2.65. The molecule has 83 heavy (non-hydrogen) atoms. The van der Waals surface area contributed by atoms with Crippen molar-refractivity contribution in [3.05, 3.63) is 35.9 Å². The molecule has 22 N–H and O–H groups in total. The number of amides is 11. The van der Waals surface area contributed by atoms with Gasteiger partial charge in [-0.2, -0.15) is 0 Å². The maximum absolute atomic E-state index is 14.4. The summed E-state index contributed by atoms with van der Waals surface area (Å²) >= 11 is 0. The average Bonchev–Trinajstić information content (AvgIpc) is 3.44. The van der Waals surface area contributed by atoms with Gasteiger partial charge in [0.1, 0.15) is 60.4 Å². The highest BCUT2D eigenvalue weighted by molar-refractivity contribution is 5.99. The van der Waals surface area contributed by atoms with Gasteiger partial charge in [0.2, 0.25) is 65.0 Å². The Hall–Kier alpha value is -6.89. The second-order valence-electron chi connectivity index (χ2n) is 21.1. The number of rotatable bonds is 28. The maximum Gasteiger partial charge on any atom is 0.245 e. The van der Waals surface area contributed by atoms with Gasteiger partial charge in [-0.25, -0.2) is 0 Å². The van der Waals surface area contributed by atoms with E-state index in [2.05, 4.69) is 65.4 Å². The molecule has 0 radical (unpaired) electrons. The number of benzene rings is 1. The van der Waals surface area contributed by atoms with E-state index in [-0.39, 0.29) is 77.0 Å². The highest BCUT2D eigenvalue weighted by atomic mass is 16.3. The molecular weight excluding hydrogens is 1080 g/mol. The smallest absolute Gasteiger partial charge is 0.245 e. The van der Waals surface area contributed by atoms with Gasteiger partial charge in [-0.3, -0.25) is 52.7 Å². The lowest BCUT2D eigenvalue weighted by atomic mass is 10.00. The molecule has 1 aliphatic rings. The first kappa shape index (κ1) is 72.2. The zero-order valence-corrected chi connectivity index (χ0v) is 48.5. The predicted molar refractivity (Wildman–Crippen MR) is 305 cm³/mol. The van der Waals surface area contributed by atoms with Crippen molar-refractivity contribution in [3.63, 3.8) is 0 Å². The van der Waals surface area contributed by atoms with Crippen molar-refractivity contribution in [1.29, 1.82) is 0 Å². The number of hydrogen-bond acceptors (Lipinski definition) is 18. The molecule has 29 heteroatoms. The van der Waals surface area contributed by atoms with Crippen LogP contribution in [-0.4, -0.2) is 192 Å². The van der Waals surface area contributed by atoms with E-state index >= 15 is 0 Å². The van der Waals surface area contributed by atoms with Gasteiger partial charge in [0.15, 0.2) is 0 Å². The van der Waals surface area contributed by atoms with E-state index in [4.69, 9.17) is 22.9 Å². The van der Waals surface area contributed by atoms with Crippen molar-refractivity contribution in [2.45, 2.75) is 191 Å². The summed E-state index contributed by atoms with van der Waals surface area (Å²) in [5.41, 5.74) is 23.9. The quantitative estimate of drug-likeness (QED) is 0.0348. The van der Waals surface area contributed by atoms with Gasteiger partial charge in [0.25, 0.3) is 0 Å². The Morgan fingerprint density at radius 3 is 1.63 bits per heavy atom. The SMILES string of the molecule is CCCCCCCC(=O)N[C@@H](CCN)C(=O)N[C@H](C(=O)N[C@@H](CO)C(=O)N[C@H]1CCNC(=O)[C@H]([C@@H](C)O)NC(=O)[C@H](CCN)NC(=O)[C@H](CCN)NC(=O)[C@H](CC(C)C)NC(=O)[C@@H](Cc2ccccc2)NC(=O)[C@H](CCN)NC1=O)[C@@H](C)O. The Morgan fingerprint density at radius 2 is 1.11 bits per heavy atom. The first-order valence-corrected chi connectivity index (χ1v) is 28.6. The molecule has 0 bridgehead atoms. The van der Waals surface area contributed by atoms with Crippen LogP contribution in [0.3, 0.4) is 0 Å². The second-order valence-corrected chi connectivity index (χ2v) is 21.1. The zero-order chi connectivity index (χ0) is 62.2. The van der Waals surface area contributed by atoms with Crippen LogP contribution < -0.4 is 81.4 Å². The first-order valence-electron chi connectivity index (χ1n) is 28.6. The minimum absolute atomic E-state index is 0.0367. The Labute approximate surface area is 485 Å². The van der Waals surface area contributed by atoms with Crippen LogP contribution in [0.5, 0.6) is 0 Å². The fraction of sp³-hybridized carbons (Fsp3) is 0.685. The number of hydrogen-bond donors (Lipinski definition) is 18. The van der Waals surface area contributed by atoms with Crippen molar-refractivity contribution in [3.8, 4) is 0 Å². The molecular formula is C54H93N15O14. The summed E-state index contributed by atoms with van der Waals surface area (Å²) < 4.78 is 0. The highest BCUT2D eigenvalue weighted by Crippen LogP contribution is 2.12. The molecule has 0 aliphatic carbocycles. The number of aliphatic hydroxyl groups excluding tert-OH is 3. The van der Waals surface area contributed by atoms with E-state index < -0.39 is 157 Å². The predicted octanol–water partition coefficient (Wildman–Crippen LogP) is -5.85. The molecule has 29 nitrogen and oxygen atoms in total. The molecule has 1 aromatic rings. The van der Waals surface area contributed by atoms with E-state index in [1.54, 1.807) is 44.2 Å². The van der Waals surface area contributed by atoms with Gasteiger partial charge in [0.05, 0.1) is 18.8 Å². The second kappa shape index (κ2) is 38.8. The van der Waals surface area contributed by atoms with E-state index in [9.17, 15) is 68.1 Å². The van der Waals surface area contributed by atoms with Crippen LogP contribution in [0.1, 0.15) is 117 Å². The lowest BCUT2D eigenvalue weighted by Gasteiger charge is -2.28. The molecule has 1 aromatic carbocycles. The molecule has 11 amide bonds. The Kier molecular flexibility index (Phi) is 33.8. The summed E-state index contributed by atoms with van der Waals surface area (Å²) in [7, 11) is 0. The van der Waals surface area contributed by atoms with Crippen LogP contribution in [0.2, 0.25) is 0 Å². The monoisotopic (exact) mass is 1180 g/mol. The molecule has 0 spiro atoms. The number of unbranched alkanes of at least 4 members (excludes halogenated alkanes) is 4. The molecule has 0 saturated carbocycles. The molecule has 12 atom stereocenters. The summed E-state index contributed by atoms with van der Waals surface area (Å²) in [5, 5.41) is 59.3. The number of aliphatic hydroxyl groups is 3. The third kappa shape index (κ3) is 26.1. The number of carbonyl (C=O) groups excluding carboxylic acids is 11. The van der Waals surface area contributed by atoms with Crippen molar-refractivity contribution in [1.82, 2.24) is 58.5 Å². The summed E-state index contributed by atoms with van der Waals surface area (Å²) in [5.74, 6) is -10.5. The summed E-state index contributed by atoms with van der Waals surface area (Å²) in [6.45, 7) is 5.80. The number of nitrogens with one attached hydrogen (secondary N) is 11. The number of nitrogens with two attached hydrogens (primary N) is 4. The largest absolute Gasteiger partial charge is 0.394 e. The third-order valence-corrected chi connectivity index (χ3v) is 13.4. The van der Waals surface area contributed by atoms with Crippen LogP contribution in [0.15, 0.2) is 30.3 Å². The van der Waals surface area contributed by atoms with E-state index in [0.717, 1.165) is 32.6 Å². The van der Waals surface area contributed by atoms with Gasteiger partial charge in [-0.05, 0) is 96.5 Å². The topological polar surface area (TPSA) is 485 Å². The fourth-order valence-corrected chi connectivity index (χ4v) is 8.79. The van der Waals surface area contributed by atoms with Crippen LogP contribution in [0, 0.1) is 5.92 Å². The maximum atomic E-state index is 14.4. The van der Waals surface area contributed by atoms with Crippen molar-refractivity contribution in [2.75, 3.05) is 39.3 Å². The van der Waals surface area contributed by atoms with Crippen molar-refractivity contribution >= 4 is 65.0 Å². The van der Waals surface area contributed by atoms with E-state index in [0.29, 0.717) is 12.0 Å². The average molecular weight is 1180 g/mol. The normalized spacial score (nSPS) is 22.8. The van der Waals surface area contributed by atoms with Gasteiger partial charge in [-0.15, -0.1) is 0 Å². The van der Waals surface area contributed by atoms with Crippen LogP contribution in [0.25, 0.3) is 0 Å². The third-order valence-electron chi connectivity index (χ3n) is 13.4. The molecule has 468 valence electrons. The highest BCUT2D eigenvalue weighted by Gasteiger charge is 2.37. The first-order chi connectivity index (χ1) is 39.4. The molecule has 1 aliphatic heterocycles. The summed E-state index contributed by atoms with van der Waals surface area (Å²) in [4.78, 5) is 153. The van der Waals surface area contributed by atoms with E-state index in [1.807, 2.05) is 0 Å². The molecule has 1 fully saturated rings. The zero-order valence-electron chi connectivity index (χ0n) is 48.5. The standard InChI is InChI=1S/C54H93N15O14/c1-6-7-8-9-13-16-42(73)60-34(17-22-55)48(77)69-44(32(5)72)54(83)67-41(29-70)52(81)64-38-21-26-59-53(82)43(31(4)71)68-49(78)37(20-25-58)62-45(74)35(18-23-56)63-50(79)39(27-30(2)3)65-51(80)40(28-33-14-11-10-12-15-33)66-46(75)36(19-24-57)61-47(38)76/h10-12,14-15,30-32,34-41,43-44,70-72H,6-9,13,16-29,55-58H2,1-5H3,(H,59,82)(H,60,73)(H,61,76)(H,62,74)(H,63,79)(H,64,81)(H,65,80)(H,66,75)(H,67,83)(H,68,78)(H,69,77)/t31-,32-,34+,35+,36+,37+,38+,39+,40-,41+,43+,44+/m1/s1. The summed E-state index contributed by atoms with van der Waals surface area (Å²) in [6.07, 6.45) is 0.0278. The van der Waals surface area contributed by atoms with Gasteiger partial charge in [0, 0.05) is 19.4 Å². The lowest BCUT2D eigenvalue weighted by Crippen LogP contribution is -2.62. The molecule has 1 heterocycles. The van der Waals surface area contributed by atoms with Crippen LogP contribution in [0.4, 0.5) is 0 Å². The van der Waals surface area contributed by atoms with Crippen molar-refractivity contribution < 1.29 is 68.1 Å². The van der Waals surface area contributed by atoms with Crippen LogP contribution in [-0.2, 0) is 59.2 Å². The number of carbonyl (C=O) groups is 11.